The highest BCUT2D eigenvalue weighted by Gasteiger charge is 2.30. The molecule has 0 spiro atoms. The number of rotatable bonds is 5. The maximum Gasteiger partial charge on any atom is 0.337 e. The van der Waals surface area contributed by atoms with Crippen LogP contribution in [0.4, 0.5) is 0 Å². The third-order valence-electron chi connectivity index (χ3n) is 3.26. The second-order valence-corrected chi connectivity index (χ2v) is 5.21. The number of aromatic nitrogens is 2. The fraction of sp³-hybridized carbons (Fsp3) is 0.267. The summed E-state index contributed by atoms with van der Waals surface area (Å²) < 4.78 is 1.69. The molecule has 22 heavy (non-hydrogen) atoms. The molecule has 0 aliphatic rings. The number of carboxylic acid groups (broad SMARTS) is 1. The third kappa shape index (κ3) is 3.32. The lowest BCUT2D eigenvalue weighted by atomic mass is 10.1. The van der Waals surface area contributed by atoms with Crippen LogP contribution in [-0.4, -0.2) is 44.0 Å². The molecule has 0 radical (unpaired) electrons. The minimum Gasteiger partial charge on any atom is -0.479 e. The molecule has 1 atom stereocenters. The van der Waals surface area contributed by atoms with Gasteiger partial charge in [-0.3, -0.25) is 4.79 Å². The Labute approximate surface area is 127 Å². The molecular weight excluding hydrogens is 286 g/mol. The van der Waals surface area contributed by atoms with Crippen LogP contribution in [-0.2, 0) is 4.79 Å². The molecule has 0 saturated carbocycles. The minimum atomic E-state index is -2.00. The first kappa shape index (κ1) is 15.7. The van der Waals surface area contributed by atoms with Crippen LogP contribution >= 0.6 is 0 Å². The molecule has 7 heteroatoms. The Bertz CT molecular complexity index is 693. The number of amides is 1. The highest BCUT2D eigenvalue weighted by molar-refractivity contribution is 5.95. The van der Waals surface area contributed by atoms with E-state index < -0.39 is 17.5 Å². The van der Waals surface area contributed by atoms with E-state index in [2.05, 4.69) is 10.4 Å². The van der Waals surface area contributed by atoms with Crippen molar-refractivity contribution < 1.29 is 19.8 Å². The van der Waals surface area contributed by atoms with Gasteiger partial charge in [0.05, 0.1) is 12.2 Å². The molecule has 1 aromatic carbocycles. The Hall–Kier alpha value is -2.67. The first-order chi connectivity index (χ1) is 10.3. The second kappa shape index (κ2) is 5.98. The van der Waals surface area contributed by atoms with Gasteiger partial charge >= 0.3 is 5.97 Å². The standard InChI is InChI=1S/C15H17N3O4/c1-10-8-11(4-5-12(10)18-7-3-6-17-18)13(19)16-9-15(2,22)14(20)21/h3-8,22H,9H2,1-2H3,(H,16,19)(H,20,21). The molecule has 1 heterocycles. The summed E-state index contributed by atoms with van der Waals surface area (Å²) in [6.45, 7) is 2.60. The number of hydrogen-bond acceptors (Lipinski definition) is 4. The second-order valence-electron chi connectivity index (χ2n) is 5.21. The number of aryl methyl sites for hydroxylation is 1. The van der Waals surface area contributed by atoms with Crippen molar-refractivity contribution in [2.45, 2.75) is 19.4 Å². The molecule has 3 N–H and O–H groups in total. The first-order valence-corrected chi connectivity index (χ1v) is 6.66. The molecule has 1 aromatic heterocycles. The molecule has 1 amide bonds. The lowest BCUT2D eigenvalue weighted by Crippen LogP contribution is -2.46. The van der Waals surface area contributed by atoms with Crippen LogP contribution in [0.25, 0.3) is 5.69 Å². The third-order valence-corrected chi connectivity index (χ3v) is 3.26. The molecule has 2 rings (SSSR count). The molecule has 116 valence electrons. The summed E-state index contributed by atoms with van der Waals surface area (Å²) in [5.74, 6) is -1.84. The quantitative estimate of drug-likeness (QED) is 0.756. The van der Waals surface area contributed by atoms with Gasteiger partial charge in [0.15, 0.2) is 5.60 Å². The van der Waals surface area contributed by atoms with Crippen molar-refractivity contribution in [3.63, 3.8) is 0 Å². The summed E-state index contributed by atoms with van der Waals surface area (Å²) in [6.07, 6.45) is 3.46. The number of carboxylic acids is 1. The van der Waals surface area contributed by atoms with Gasteiger partial charge in [0.25, 0.3) is 5.91 Å². The van der Waals surface area contributed by atoms with Crippen LogP contribution in [0.1, 0.15) is 22.8 Å². The van der Waals surface area contributed by atoms with E-state index in [1.54, 1.807) is 41.3 Å². The van der Waals surface area contributed by atoms with Crippen LogP contribution in [0.3, 0.4) is 0 Å². The van der Waals surface area contributed by atoms with Gasteiger partial charge in [-0.05, 0) is 43.7 Å². The van der Waals surface area contributed by atoms with Crippen LogP contribution < -0.4 is 5.32 Å². The summed E-state index contributed by atoms with van der Waals surface area (Å²) >= 11 is 0. The monoisotopic (exact) mass is 303 g/mol. The maximum atomic E-state index is 12.0. The van der Waals surface area contributed by atoms with Crippen LogP contribution in [0, 0.1) is 6.92 Å². The van der Waals surface area contributed by atoms with E-state index in [4.69, 9.17) is 5.11 Å². The SMILES string of the molecule is Cc1cc(C(=O)NCC(C)(O)C(=O)O)ccc1-n1cccn1. The Kier molecular flexibility index (Phi) is 4.27. The van der Waals surface area contributed by atoms with Gasteiger partial charge in [0.2, 0.25) is 0 Å². The van der Waals surface area contributed by atoms with Gasteiger partial charge in [-0.25, -0.2) is 9.48 Å². The average Bonchev–Trinajstić information content (AvgIpc) is 2.98. The summed E-state index contributed by atoms with van der Waals surface area (Å²) in [7, 11) is 0. The normalized spacial score (nSPS) is 13.4. The maximum absolute atomic E-state index is 12.0. The Morgan fingerprint density at radius 3 is 2.68 bits per heavy atom. The van der Waals surface area contributed by atoms with Crippen LogP contribution in [0.5, 0.6) is 0 Å². The zero-order valence-electron chi connectivity index (χ0n) is 12.3. The fourth-order valence-electron chi connectivity index (χ4n) is 1.90. The van der Waals surface area contributed by atoms with Crippen molar-refractivity contribution in [2.24, 2.45) is 0 Å². The van der Waals surface area contributed by atoms with Crippen molar-refractivity contribution in [1.29, 1.82) is 0 Å². The molecule has 0 aliphatic carbocycles. The van der Waals surface area contributed by atoms with Crippen molar-refractivity contribution in [2.75, 3.05) is 6.54 Å². The lowest BCUT2D eigenvalue weighted by Gasteiger charge is -2.18. The predicted octanol–water partition coefficient (Wildman–Crippen LogP) is 0.746. The molecule has 1 unspecified atom stereocenters. The van der Waals surface area contributed by atoms with Gasteiger partial charge in [-0.1, -0.05) is 0 Å². The van der Waals surface area contributed by atoms with Gasteiger partial charge < -0.3 is 15.5 Å². The van der Waals surface area contributed by atoms with Crippen molar-refractivity contribution in [1.82, 2.24) is 15.1 Å². The van der Waals surface area contributed by atoms with E-state index in [0.29, 0.717) is 5.56 Å². The Morgan fingerprint density at radius 1 is 1.41 bits per heavy atom. The molecule has 0 saturated heterocycles. The highest BCUT2D eigenvalue weighted by atomic mass is 16.4. The van der Waals surface area contributed by atoms with Gasteiger partial charge in [0, 0.05) is 18.0 Å². The molecule has 0 fully saturated rings. The molecule has 7 nitrogen and oxygen atoms in total. The van der Waals surface area contributed by atoms with Gasteiger partial charge in [-0.15, -0.1) is 0 Å². The van der Waals surface area contributed by atoms with Crippen molar-refractivity contribution in [3.05, 3.63) is 47.8 Å². The summed E-state index contributed by atoms with van der Waals surface area (Å²) in [5, 5.41) is 24.9. The smallest absolute Gasteiger partial charge is 0.337 e. The van der Waals surface area contributed by atoms with E-state index in [-0.39, 0.29) is 6.54 Å². The van der Waals surface area contributed by atoms with E-state index in [1.807, 2.05) is 6.92 Å². The largest absolute Gasteiger partial charge is 0.479 e. The number of benzene rings is 1. The minimum absolute atomic E-state index is 0.374. The van der Waals surface area contributed by atoms with Crippen LogP contribution in [0.15, 0.2) is 36.7 Å². The highest BCUT2D eigenvalue weighted by Crippen LogP contribution is 2.15. The summed E-state index contributed by atoms with van der Waals surface area (Å²) in [6, 6.07) is 6.86. The zero-order chi connectivity index (χ0) is 16.3. The number of carbonyl (C=O) groups is 2. The van der Waals surface area contributed by atoms with Crippen molar-refractivity contribution in [3.8, 4) is 5.69 Å². The lowest BCUT2D eigenvalue weighted by molar-refractivity contribution is -0.155. The van der Waals surface area contributed by atoms with E-state index in [1.165, 1.54) is 0 Å². The number of aliphatic carboxylic acids is 1. The Balaban J connectivity index is 2.12. The van der Waals surface area contributed by atoms with Crippen molar-refractivity contribution >= 4 is 11.9 Å². The number of nitrogens with zero attached hydrogens (tertiary/aromatic N) is 2. The summed E-state index contributed by atoms with van der Waals surface area (Å²) in [4.78, 5) is 22.8. The zero-order valence-corrected chi connectivity index (χ0v) is 12.3. The topological polar surface area (TPSA) is 104 Å². The number of aliphatic hydroxyl groups is 1. The average molecular weight is 303 g/mol. The molecular formula is C15H17N3O4. The van der Waals surface area contributed by atoms with E-state index in [0.717, 1.165) is 18.2 Å². The number of nitrogens with one attached hydrogen (secondary N) is 1. The predicted molar refractivity (Wildman–Crippen MR) is 78.9 cm³/mol. The van der Waals surface area contributed by atoms with Gasteiger partial charge in [-0.2, -0.15) is 5.10 Å². The Morgan fingerprint density at radius 2 is 2.14 bits per heavy atom. The molecule has 0 bridgehead atoms. The van der Waals surface area contributed by atoms with E-state index in [9.17, 15) is 14.7 Å². The van der Waals surface area contributed by atoms with Crippen LogP contribution in [0.2, 0.25) is 0 Å². The summed E-state index contributed by atoms with van der Waals surface area (Å²) in [5.41, 5.74) is 0.0784. The number of carbonyl (C=O) groups excluding carboxylic acids is 1. The molecule has 2 aromatic rings. The van der Waals surface area contributed by atoms with E-state index >= 15 is 0 Å². The fourth-order valence-corrected chi connectivity index (χ4v) is 1.90. The first-order valence-electron chi connectivity index (χ1n) is 6.66. The number of hydrogen-bond donors (Lipinski definition) is 3. The molecule has 0 aliphatic heterocycles. The van der Waals surface area contributed by atoms with Gasteiger partial charge in [0.1, 0.15) is 0 Å².